The first-order valence-electron chi connectivity index (χ1n) is 8.07. The van der Waals surface area contributed by atoms with E-state index >= 15 is 0 Å². The maximum Gasteiger partial charge on any atom is 0.149 e. The van der Waals surface area contributed by atoms with E-state index in [0.717, 1.165) is 16.6 Å². The minimum absolute atomic E-state index is 0.328. The number of allylic oxidation sites excluding steroid dienone is 1. The number of nitrogens with one attached hydrogen (secondary N) is 1. The van der Waals surface area contributed by atoms with E-state index in [0.29, 0.717) is 28.5 Å². The van der Waals surface area contributed by atoms with Crippen LogP contribution in [0.3, 0.4) is 0 Å². The third-order valence-corrected chi connectivity index (χ3v) is 4.04. The van der Waals surface area contributed by atoms with E-state index in [2.05, 4.69) is 16.0 Å². The van der Waals surface area contributed by atoms with Gasteiger partial charge in [0, 0.05) is 11.6 Å². The average molecular weight is 343 g/mol. The lowest BCUT2D eigenvalue weighted by Gasteiger charge is -1.96. The van der Waals surface area contributed by atoms with Gasteiger partial charge in [0.25, 0.3) is 0 Å². The molecule has 126 valence electrons. The number of imidazole rings is 1. The molecule has 2 aromatic heterocycles. The van der Waals surface area contributed by atoms with Crippen molar-refractivity contribution in [2.75, 3.05) is 0 Å². The third kappa shape index (κ3) is 3.01. The second-order valence-electron chi connectivity index (χ2n) is 5.99. The molecule has 0 unspecified atom stereocenters. The van der Waals surface area contributed by atoms with Crippen molar-refractivity contribution in [2.45, 2.75) is 6.92 Å². The highest BCUT2D eigenvalue weighted by Crippen LogP contribution is 2.26. The molecule has 0 spiro atoms. The monoisotopic (exact) mass is 343 g/mol. The highest BCUT2D eigenvalue weighted by atomic mass is 19.1. The molecule has 2 aromatic carbocycles. The van der Waals surface area contributed by atoms with Crippen LogP contribution in [0.2, 0.25) is 0 Å². The Hall–Kier alpha value is -3.65. The highest BCUT2D eigenvalue weighted by molar-refractivity contribution is 5.89. The van der Waals surface area contributed by atoms with Gasteiger partial charge in [-0.1, -0.05) is 18.2 Å². The van der Waals surface area contributed by atoms with Gasteiger partial charge in [-0.15, -0.1) is 0 Å². The molecule has 4 aromatic rings. The lowest BCUT2D eigenvalue weighted by molar-refractivity contribution is 0.570. The number of aryl methyl sites for hydroxylation is 1. The molecule has 0 radical (unpaired) electrons. The Bertz CT molecular complexity index is 1180. The molecule has 0 saturated carbocycles. The first-order chi connectivity index (χ1) is 12.6. The number of furan rings is 1. The summed E-state index contributed by atoms with van der Waals surface area (Å²) in [5.74, 6) is 1.19. The van der Waals surface area contributed by atoms with E-state index in [1.807, 2.05) is 25.1 Å². The minimum atomic E-state index is -0.328. The number of aromatic amines is 1. The van der Waals surface area contributed by atoms with Crippen LogP contribution >= 0.6 is 0 Å². The molecule has 0 bridgehead atoms. The van der Waals surface area contributed by atoms with Crippen molar-refractivity contribution in [3.05, 3.63) is 77.6 Å². The van der Waals surface area contributed by atoms with Gasteiger partial charge in [0.05, 0.1) is 16.6 Å². The Morgan fingerprint density at radius 2 is 2.08 bits per heavy atom. The van der Waals surface area contributed by atoms with E-state index < -0.39 is 0 Å². The Balaban J connectivity index is 1.70. The number of nitrogens with zero attached hydrogens (tertiary/aromatic N) is 2. The van der Waals surface area contributed by atoms with Crippen LogP contribution in [0.25, 0.3) is 34.0 Å². The largest absolute Gasteiger partial charge is 0.457 e. The average Bonchev–Trinajstić information content (AvgIpc) is 3.26. The Kier molecular flexibility index (Phi) is 3.86. The molecule has 0 saturated heterocycles. The van der Waals surface area contributed by atoms with Crippen LogP contribution in [0, 0.1) is 24.1 Å². The number of hydrogen-bond donors (Lipinski definition) is 1. The third-order valence-electron chi connectivity index (χ3n) is 4.04. The van der Waals surface area contributed by atoms with Crippen molar-refractivity contribution in [3.8, 4) is 17.4 Å². The molecular weight excluding hydrogens is 329 g/mol. The van der Waals surface area contributed by atoms with Gasteiger partial charge in [-0.25, -0.2) is 9.37 Å². The van der Waals surface area contributed by atoms with Crippen molar-refractivity contribution in [3.63, 3.8) is 0 Å². The molecule has 4 rings (SSSR count). The predicted octanol–water partition coefficient (Wildman–Crippen LogP) is 5.33. The van der Waals surface area contributed by atoms with Crippen LogP contribution in [-0.4, -0.2) is 9.97 Å². The second-order valence-corrected chi connectivity index (χ2v) is 5.99. The molecule has 0 fully saturated rings. The van der Waals surface area contributed by atoms with Crippen LogP contribution in [-0.2, 0) is 0 Å². The van der Waals surface area contributed by atoms with Crippen LogP contribution in [0.1, 0.15) is 17.1 Å². The van der Waals surface area contributed by atoms with Crippen molar-refractivity contribution in [1.29, 1.82) is 5.26 Å². The number of halogens is 1. The summed E-state index contributed by atoms with van der Waals surface area (Å²) >= 11 is 0. The van der Waals surface area contributed by atoms with Gasteiger partial charge in [-0.05, 0) is 48.9 Å². The number of aromatic nitrogens is 2. The SMILES string of the molecule is Cc1ccc2nc(/C(C#N)=C\c3ccc(-c4cccc(F)c4)o3)[nH]c2c1. The fourth-order valence-electron chi connectivity index (χ4n) is 2.77. The lowest BCUT2D eigenvalue weighted by atomic mass is 10.2. The zero-order valence-corrected chi connectivity index (χ0v) is 14.0. The van der Waals surface area contributed by atoms with Crippen LogP contribution in [0.4, 0.5) is 4.39 Å². The normalized spacial score (nSPS) is 11.7. The quantitative estimate of drug-likeness (QED) is 0.511. The van der Waals surface area contributed by atoms with Crippen LogP contribution in [0.15, 0.2) is 59.0 Å². The predicted molar refractivity (Wildman–Crippen MR) is 98.4 cm³/mol. The van der Waals surface area contributed by atoms with Gasteiger partial charge in [0.1, 0.15) is 29.2 Å². The molecule has 0 amide bonds. The summed E-state index contributed by atoms with van der Waals surface area (Å²) in [6, 6.07) is 17.7. The smallest absolute Gasteiger partial charge is 0.149 e. The van der Waals surface area contributed by atoms with Crippen molar-refractivity contribution >= 4 is 22.7 Å². The summed E-state index contributed by atoms with van der Waals surface area (Å²) in [6.45, 7) is 2.00. The molecule has 0 aliphatic carbocycles. The second kappa shape index (κ2) is 6.34. The van der Waals surface area contributed by atoms with E-state index in [9.17, 15) is 9.65 Å². The zero-order chi connectivity index (χ0) is 18.1. The zero-order valence-electron chi connectivity index (χ0n) is 14.0. The molecule has 0 aliphatic rings. The molecule has 0 atom stereocenters. The summed E-state index contributed by atoms with van der Waals surface area (Å²) in [4.78, 5) is 7.62. The van der Waals surface area contributed by atoms with Crippen molar-refractivity contribution < 1.29 is 8.81 Å². The van der Waals surface area contributed by atoms with Gasteiger partial charge >= 0.3 is 0 Å². The number of nitriles is 1. The van der Waals surface area contributed by atoms with Crippen LogP contribution < -0.4 is 0 Å². The van der Waals surface area contributed by atoms with Gasteiger partial charge in [0.15, 0.2) is 0 Å². The maximum absolute atomic E-state index is 13.4. The maximum atomic E-state index is 13.4. The molecule has 0 aliphatic heterocycles. The highest BCUT2D eigenvalue weighted by Gasteiger charge is 2.10. The summed E-state index contributed by atoms with van der Waals surface area (Å²) in [6.07, 6.45) is 1.62. The van der Waals surface area contributed by atoms with Gasteiger partial charge in [0.2, 0.25) is 0 Å². The van der Waals surface area contributed by atoms with E-state index in [1.165, 1.54) is 12.1 Å². The number of hydrogen-bond acceptors (Lipinski definition) is 3. The summed E-state index contributed by atoms with van der Waals surface area (Å²) in [5, 5.41) is 9.51. The van der Waals surface area contributed by atoms with Gasteiger partial charge < -0.3 is 9.40 Å². The molecule has 1 N–H and O–H groups in total. The van der Waals surface area contributed by atoms with E-state index in [4.69, 9.17) is 4.42 Å². The summed E-state index contributed by atoms with van der Waals surface area (Å²) < 4.78 is 19.1. The van der Waals surface area contributed by atoms with E-state index in [1.54, 1.807) is 30.3 Å². The molecule has 26 heavy (non-hydrogen) atoms. The fourth-order valence-corrected chi connectivity index (χ4v) is 2.77. The van der Waals surface area contributed by atoms with Crippen molar-refractivity contribution in [1.82, 2.24) is 9.97 Å². The number of benzene rings is 2. The Morgan fingerprint density at radius 3 is 2.88 bits per heavy atom. The number of rotatable bonds is 3. The molecule has 2 heterocycles. The topological polar surface area (TPSA) is 65.6 Å². The molecular formula is C21H14FN3O. The van der Waals surface area contributed by atoms with E-state index in [-0.39, 0.29) is 5.82 Å². The molecule has 5 heteroatoms. The number of fused-ring (bicyclic) bond motifs is 1. The van der Waals surface area contributed by atoms with Crippen LogP contribution in [0.5, 0.6) is 0 Å². The first kappa shape index (κ1) is 15.9. The fraction of sp³-hybridized carbons (Fsp3) is 0.0476. The first-order valence-corrected chi connectivity index (χ1v) is 8.07. The lowest BCUT2D eigenvalue weighted by Crippen LogP contribution is -1.84. The summed E-state index contributed by atoms with van der Waals surface area (Å²) in [7, 11) is 0. The number of H-pyrrole nitrogens is 1. The molecule has 4 nitrogen and oxygen atoms in total. The standard InChI is InChI=1S/C21H14FN3O/c1-13-5-7-18-19(9-13)25-21(24-18)15(12-23)11-17-6-8-20(26-17)14-3-2-4-16(22)10-14/h2-11H,1H3,(H,24,25)/b15-11-. The Morgan fingerprint density at radius 1 is 1.19 bits per heavy atom. The van der Waals surface area contributed by atoms with Gasteiger partial charge in [-0.2, -0.15) is 5.26 Å². The minimum Gasteiger partial charge on any atom is -0.457 e. The summed E-state index contributed by atoms with van der Waals surface area (Å²) in [5.41, 5.74) is 3.79. The Labute approximate surface area is 149 Å². The van der Waals surface area contributed by atoms with Crippen molar-refractivity contribution in [2.24, 2.45) is 0 Å². The van der Waals surface area contributed by atoms with Gasteiger partial charge in [-0.3, -0.25) is 0 Å².